The maximum Gasteiger partial charge on any atom is 0.337 e. The number of phenols is 1. The van der Waals surface area contributed by atoms with E-state index in [0.29, 0.717) is 0 Å². The van der Waals surface area contributed by atoms with Crippen LogP contribution in [0.5, 0.6) is 5.75 Å². The van der Waals surface area contributed by atoms with Crippen molar-refractivity contribution in [3.63, 3.8) is 0 Å². The van der Waals surface area contributed by atoms with Crippen molar-refractivity contribution in [2.45, 2.75) is 0 Å². The number of aromatic hydroxyl groups is 1. The highest BCUT2D eigenvalue weighted by Gasteiger charge is 2.09. The first-order chi connectivity index (χ1) is 9.09. The summed E-state index contributed by atoms with van der Waals surface area (Å²) in [6.45, 7) is 0. The molecule has 0 atom stereocenters. The highest BCUT2D eigenvalue weighted by Crippen LogP contribution is 2.28. The maximum absolute atomic E-state index is 13.4. The fourth-order valence-electron chi connectivity index (χ4n) is 1.43. The molecule has 0 aliphatic carbocycles. The lowest BCUT2D eigenvalue weighted by Crippen LogP contribution is -1.95. The van der Waals surface area contributed by atoms with E-state index >= 15 is 0 Å². The fraction of sp³-hybridized carbons (Fsp3) is 0. The standard InChI is InChI=1S/C13H9FN2O3/c14-12-10(6-3-7-11(12)17)16-15-9-5-2-1-4-8(9)13(18)19/h1-7,17H,(H,18,19). The Morgan fingerprint density at radius 2 is 1.63 bits per heavy atom. The summed E-state index contributed by atoms with van der Waals surface area (Å²) in [5.41, 5.74) is -0.0928. The van der Waals surface area contributed by atoms with Crippen LogP contribution in [0.4, 0.5) is 15.8 Å². The predicted molar refractivity (Wildman–Crippen MR) is 65.6 cm³/mol. The average molecular weight is 260 g/mol. The van der Waals surface area contributed by atoms with Gasteiger partial charge in [0.25, 0.3) is 0 Å². The molecule has 0 radical (unpaired) electrons. The first-order valence-corrected chi connectivity index (χ1v) is 5.31. The highest BCUT2D eigenvalue weighted by atomic mass is 19.1. The molecule has 0 heterocycles. The number of carboxylic acid groups (broad SMARTS) is 1. The fourth-order valence-corrected chi connectivity index (χ4v) is 1.43. The zero-order valence-corrected chi connectivity index (χ0v) is 9.62. The van der Waals surface area contributed by atoms with E-state index in [4.69, 9.17) is 10.2 Å². The summed E-state index contributed by atoms with van der Waals surface area (Å²) in [6.07, 6.45) is 0. The molecule has 2 rings (SSSR count). The molecule has 0 aromatic heterocycles. The monoisotopic (exact) mass is 260 g/mol. The van der Waals surface area contributed by atoms with Gasteiger partial charge < -0.3 is 10.2 Å². The molecule has 0 bridgehead atoms. The lowest BCUT2D eigenvalue weighted by Gasteiger charge is -2.00. The Kier molecular flexibility index (Phi) is 3.51. The summed E-state index contributed by atoms with van der Waals surface area (Å²) in [5.74, 6) is -2.59. The Balaban J connectivity index is 2.38. The van der Waals surface area contributed by atoms with Crippen molar-refractivity contribution in [1.82, 2.24) is 0 Å². The molecule has 0 unspecified atom stereocenters. The number of azo groups is 1. The van der Waals surface area contributed by atoms with E-state index in [-0.39, 0.29) is 16.9 Å². The molecule has 0 aliphatic heterocycles. The van der Waals surface area contributed by atoms with Crippen LogP contribution in [0.15, 0.2) is 52.7 Å². The van der Waals surface area contributed by atoms with Crippen LogP contribution < -0.4 is 0 Å². The van der Waals surface area contributed by atoms with Crippen molar-refractivity contribution in [2.75, 3.05) is 0 Å². The molecule has 0 saturated heterocycles. The number of halogens is 1. The molecule has 0 aliphatic rings. The number of carboxylic acids is 1. The SMILES string of the molecule is O=C(O)c1ccccc1N=Nc1cccc(O)c1F. The van der Waals surface area contributed by atoms with Gasteiger partial charge in [-0.1, -0.05) is 18.2 Å². The summed E-state index contributed by atoms with van der Waals surface area (Å²) in [6, 6.07) is 9.89. The van der Waals surface area contributed by atoms with E-state index in [9.17, 15) is 9.18 Å². The van der Waals surface area contributed by atoms with Gasteiger partial charge in [-0.15, -0.1) is 10.2 Å². The van der Waals surface area contributed by atoms with Crippen LogP contribution in [-0.4, -0.2) is 16.2 Å². The maximum atomic E-state index is 13.4. The normalized spacial score (nSPS) is 10.8. The lowest BCUT2D eigenvalue weighted by atomic mass is 10.2. The minimum atomic E-state index is -1.15. The zero-order valence-electron chi connectivity index (χ0n) is 9.62. The second-order valence-electron chi connectivity index (χ2n) is 3.63. The van der Waals surface area contributed by atoms with Crippen LogP contribution in [0.1, 0.15) is 10.4 Å². The van der Waals surface area contributed by atoms with Crippen LogP contribution in [0.3, 0.4) is 0 Å². The van der Waals surface area contributed by atoms with Gasteiger partial charge in [0, 0.05) is 0 Å². The van der Waals surface area contributed by atoms with Crippen LogP contribution in [-0.2, 0) is 0 Å². The molecule has 0 spiro atoms. The van der Waals surface area contributed by atoms with Gasteiger partial charge in [0.2, 0.25) is 0 Å². The minimum absolute atomic E-state index is 0.0354. The number of hydrogen-bond acceptors (Lipinski definition) is 4. The molecule has 19 heavy (non-hydrogen) atoms. The number of phenolic OH excluding ortho intramolecular Hbond substituents is 1. The van der Waals surface area contributed by atoms with E-state index in [1.165, 1.54) is 30.3 Å². The molecule has 2 N–H and O–H groups in total. The summed E-state index contributed by atoms with van der Waals surface area (Å²) in [4.78, 5) is 10.9. The topological polar surface area (TPSA) is 82.2 Å². The smallest absolute Gasteiger partial charge is 0.337 e. The number of benzene rings is 2. The summed E-state index contributed by atoms with van der Waals surface area (Å²) in [5, 5.41) is 25.4. The van der Waals surface area contributed by atoms with Gasteiger partial charge in [0.15, 0.2) is 11.6 Å². The third-order valence-corrected chi connectivity index (χ3v) is 2.36. The average Bonchev–Trinajstić information content (AvgIpc) is 2.40. The van der Waals surface area contributed by atoms with Gasteiger partial charge in [0.1, 0.15) is 11.4 Å². The second kappa shape index (κ2) is 5.26. The molecule has 6 heteroatoms. The molecule has 5 nitrogen and oxygen atoms in total. The Bertz CT molecular complexity index is 656. The van der Waals surface area contributed by atoms with Crippen LogP contribution in [0, 0.1) is 5.82 Å². The number of aromatic carboxylic acids is 1. The van der Waals surface area contributed by atoms with Gasteiger partial charge in [0.05, 0.1) is 5.56 Å². The van der Waals surface area contributed by atoms with E-state index in [1.54, 1.807) is 12.1 Å². The highest BCUT2D eigenvalue weighted by molar-refractivity contribution is 5.93. The van der Waals surface area contributed by atoms with E-state index in [2.05, 4.69) is 10.2 Å². The molecular weight excluding hydrogens is 251 g/mol. The molecule has 0 fully saturated rings. The van der Waals surface area contributed by atoms with E-state index < -0.39 is 17.5 Å². The van der Waals surface area contributed by atoms with Crippen LogP contribution in [0.2, 0.25) is 0 Å². The van der Waals surface area contributed by atoms with Crippen molar-refractivity contribution in [2.24, 2.45) is 10.2 Å². The molecule has 0 saturated carbocycles. The Morgan fingerprint density at radius 1 is 1.00 bits per heavy atom. The third kappa shape index (κ3) is 2.74. The van der Waals surface area contributed by atoms with Crippen molar-refractivity contribution in [3.8, 4) is 5.75 Å². The Labute approximate surface area is 107 Å². The first kappa shape index (κ1) is 12.7. The van der Waals surface area contributed by atoms with Gasteiger partial charge in [-0.3, -0.25) is 0 Å². The van der Waals surface area contributed by atoms with Gasteiger partial charge in [-0.2, -0.15) is 0 Å². The molecular formula is C13H9FN2O3. The Hall–Kier alpha value is -2.76. The summed E-state index contributed by atoms with van der Waals surface area (Å²) < 4.78 is 13.4. The molecule has 2 aromatic rings. The van der Waals surface area contributed by atoms with Crippen molar-refractivity contribution < 1.29 is 19.4 Å². The number of carbonyl (C=O) groups is 1. The predicted octanol–water partition coefficient (Wildman–Crippen LogP) is 3.64. The Morgan fingerprint density at radius 3 is 2.37 bits per heavy atom. The number of nitrogens with zero attached hydrogens (tertiary/aromatic N) is 2. The lowest BCUT2D eigenvalue weighted by molar-refractivity contribution is 0.0697. The van der Waals surface area contributed by atoms with E-state index in [0.717, 1.165) is 0 Å². The van der Waals surface area contributed by atoms with Gasteiger partial charge in [-0.05, 0) is 24.3 Å². The first-order valence-electron chi connectivity index (χ1n) is 5.31. The van der Waals surface area contributed by atoms with Crippen molar-refractivity contribution in [1.29, 1.82) is 0 Å². The second-order valence-corrected chi connectivity index (χ2v) is 3.63. The van der Waals surface area contributed by atoms with Crippen LogP contribution >= 0.6 is 0 Å². The summed E-state index contributed by atoms with van der Waals surface area (Å²) >= 11 is 0. The molecule has 96 valence electrons. The molecule has 2 aromatic carbocycles. The van der Waals surface area contributed by atoms with Crippen molar-refractivity contribution >= 4 is 17.3 Å². The minimum Gasteiger partial charge on any atom is -0.505 e. The van der Waals surface area contributed by atoms with E-state index in [1.807, 2.05) is 0 Å². The van der Waals surface area contributed by atoms with Gasteiger partial charge >= 0.3 is 5.97 Å². The molecule has 0 amide bonds. The zero-order chi connectivity index (χ0) is 13.8. The van der Waals surface area contributed by atoms with Crippen molar-refractivity contribution in [3.05, 3.63) is 53.8 Å². The van der Waals surface area contributed by atoms with Gasteiger partial charge in [-0.25, -0.2) is 9.18 Å². The number of hydrogen-bond donors (Lipinski definition) is 2. The third-order valence-electron chi connectivity index (χ3n) is 2.36. The quantitative estimate of drug-likeness (QED) is 0.826. The number of rotatable bonds is 3. The van der Waals surface area contributed by atoms with Crippen LogP contribution in [0.25, 0.3) is 0 Å². The largest absolute Gasteiger partial charge is 0.505 e. The summed E-state index contributed by atoms with van der Waals surface area (Å²) in [7, 11) is 0.